The minimum atomic E-state index is -0.688. The van der Waals surface area contributed by atoms with Gasteiger partial charge in [-0.1, -0.05) is 133 Å². The smallest absolute Gasteiger partial charge is 0.268 e. The van der Waals surface area contributed by atoms with Crippen LogP contribution in [0.4, 0.5) is 5.69 Å². The second-order valence-electron chi connectivity index (χ2n) is 12.9. The van der Waals surface area contributed by atoms with Gasteiger partial charge in [0.1, 0.15) is 0 Å². The second kappa shape index (κ2) is 12.6. The van der Waals surface area contributed by atoms with Crippen molar-refractivity contribution in [1.82, 2.24) is 19.5 Å². The number of aromatic nitrogens is 4. The van der Waals surface area contributed by atoms with Gasteiger partial charge >= 0.3 is 0 Å². The summed E-state index contributed by atoms with van der Waals surface area (Å²) in [6.45, 7) is 0. The monoisotopic (exact) mass is 699 g/mol. The first-order valence-electron chi connectivity index (χ1n) is 19.4. The first-order chi connectivity index (χ1) is 28.3. The molecule has 7 aromatic carbocycles. The van der Waals surface area contributed by atoms with E-state index < -0.39 is 29.9 Å². The molecule has 1 aliphatic heterocycles. The molecule has 7 heteroatoms. The van der Waals surface area contributed by atoms with Gasteiger partial charge in [0.05, 0.1) is 39.0 Å². The van der Waals surface area contributed by atoms with Crippen LogP contribution in [-0.2, 0) is 0 Å². The summed E-state index contributed by atoms with van der Waals surface area (Å²) in [5.74, 6) is 0.208. The summed E-state index contributed by atoms with van der Waals surface area (Å²) >= 11 is 0. The third kappa shape index (κ3) is 5.02. The summed E-state index contributed by atoms with van der Waals surface area (Å²) in [4.78, 5) is 44.8. The first kappa shape index (κ1) is 27.2. The van der Waals surface area contributed by atoms with Gasteiger partial charge in [0.25, 0.3) is 11.8 Å². The number of hydrogen-bond acceptors (Lipinski definition) is 5. The molecule has 7 nitrogen and oxygen atoms in total. The highest BCUT2D eigenvalue weighted by atomic mass is 16.2. The van der Waals surface area contributed by atoms with Crippen LogP contribution in [0, 0.1) is 0 Å². The van der Waals surface area contributed by atoms with Gasteiger partial charge in [-0.2, -0.15) is 0 Å². The molecule has 0 radical (unpaired) electrons. The number of carbonyl (C=O) groups excluding carboxylic acids is 2. The van der Waals surface area contributed by atoms with Gasteiger partial charge in [0.15, 0.2) is 17.5 Å². The normalized spacial score (nSPS) is 13.5. The Morgan fingerprint density at radius 2 is 1.02 bits per heavy atom. The third-order valence-electron chi connectivity index (χ3n) is 9.72. The summed E-state index contributed by atoms with van der Waals surface area (Å²) in [5.41, 5.74) is 5.06. The van der Waals surface area contributed by atoms with E-state index in [9.17, 15) is 9.59 Å². The Hall–Kier alpha value is -7.51. The molecular formula is C47H29N5O2. The van der Waals surface area contributed by atoms with Gasteiger partial charge < -0.3 is 4.57 Å². The Morgan fingerprint density at radius 1 is 0.444 bits per heavy atom. The van der Waals surface area contributed by atoms with Crippen LogP contribution in [0.3, 0.4) is 0 Å². The van der Waals surface area contributed by atoms with Crippen molar-refractivity contribution < 1.29 is 15.1 Å². The minimum Gasteiger partial charge on any atom is -0.308 e. The van der Waals surface area contributed by atoms with Crippen molar-refractivity contribution in [3.05, 3.63) is 187 Å². The van der Waals surface area contributed by atoms with E-state index in [0.717, 1.165) is 43.4 Å². The Labute approximate surface area is 316 Å². The number of imide groups is 1. The lowest BCUT2D eigenvalue weighted by molar-refractivity contribution is 0.0926. The van der Waals surface area contributed by atoms with Gasteiger partial charge in [0.2, 0.25) is 0 Å². The Kier molecular flexibility index (Phi) is 6.35. The number of carbonyl (C=O) groups is 2. The number of para-hydroxylation sites is 2. The van der Waals surface area contributed by atoms with E-state index in [1.165, 1.54) is 0 Å². The van der Waals surface area contributed by atoms with Crippen molar-refractivity contribution in [2.75, 3.05) is 4.90 Å². The quantitative estimate of drug-likeness (QED) is 0.161. The molecule has 1 aliphatic rings. The lowest BCUT2D eigenvalue weighted by Gasteiger charge is -2.18. The zero-order valence-electron chi connectivity index (χ0n) is 32.5. The number of nitrogens with zero attached hydrogens (tertiary/aromatic N) is 5. The Balaban J connectivity index is 1.15. The number of hydrogen-bond donors (Lipinski definition) is 0. The van der Waals surface area contributed by atoms with Gasteiger partial charge in [-0.3, -0.25) is 9.59 Å². The first-order valence-corrected chi connectivity index (χ1v) is 17.4. The molecule has 0 saturated heterocycles. The van der Waals surface area contributed by atoms with E-state index in [-0.39, 0.29) is 28.4 Å². The van der Waals surface area contributed by atoms with E-state index in [1.807, 2.05) is 108 Å². The van der Waals surface area contributed by atoms with E-state index in [4.69, 9.17) is 20.4 Å². The van der Waals surface area contributed by atoms with Crippen molar-refractivity contribution in [2.45, 2.75) is 0 Å². The van der Waals surface area contributed by atoms with E-state index >= 15 is 0 Å². The van der Waals surface area contributed by atoms with E-state index in [0.29, 0.717) is 28.7 Å². The lowest BCUT2D eigenvalue weighted by Crippen LogP contribution is -2.30. The van der Waals surface area contributed by atoms with Crippen molar-refractivity contribution >= 4 is 39.3 Å². The molecule has 10 rings (SSSR count). The average Bonchev–Trinajstić information content (AvgIpc) is 3.74. The molecule has 0 saturated carbocycles. The zero-order chi connectivity index (χ0) is 39.7. The molecule has 9 aromatic rings. The molecule has 2 aromatic heterocycles. The molecule has 54 heavy (non-hydrogen) atoms. The maximum absolute atomic E-state index is 14.8. The predicted molar refractivity (Wildman–Crippen MR) is 213 cm³/mol. The Bertz CT molecular complexity index is 3100. The lowest BCUT2D eigenvalue weighted by atomic mass is 10.0. The molecule has 0 aliphatic carbocycles. The van der Waals surface area contributed by atoms with E-state index in [1.54, 1.807) is 48.5 Å². The number of benzene rings is 7. The van der Waals surface area contributed by atoms with Crippen molar-refractivity contribution in [3.63, 3.8) is 0 Å². The molecule has 0 N–H and O–H groups in total. The fraction of sp³-hybridized carbons (Fsp3) is 0. The molecule has 0 fully saturated rings. The van der Waals surface area contributed by atoms with Crippen LogP contribution in [-0.4, -0.2) is 31.3 Å². The van der Waals surface area contributed by atoms with Crippen LogP contribution in [0.15, 0.2) is 176 Å². The van der Waals surface area contributed by atoms with Gasteiger partial charge in [0, 0.05) is 33.0 Å². The summed E-state index contributed by atoms with van der Waals surface area (Å²) in [7, 11) is 0. The van der Waals surface area contributed by atoms with Gasteiger partial charge in [-0.25, -0.2) is 19.9 Å². The molecule has 3 heterocycles. The molecule has 0 bridgehead atoms. The summed E-state index contributed by atoms with van der Waals surface area (Å²) in [6.07, 6.45) is 0. The second-order valence-corrected chi connectivity index (χ2v) is 12.9. The van der Waals surface area contributed by atoms with Crippen LogP contribution in [0.1, 0.15) is 26.2 Å². The standard InChI is InChI=1S/C47H29N5O2/c53-46-36-23-14-26-41(42(36)47(54)52(46)38-24-12-10-21-34(38)30-15-4-1-5-16-30)51-39-25-13-11-22-35(39)37-29-33(27-28-40(37)51)45-49-43(31-17-6-2-7-18-31)48-44(50-45)32-19-8-3-9-20-32/h1-29H/i10D,12D,21D,24D. The molecular weight excluding hydrogens is 667 g/mol. The number of fused-ring (bicyclic) bond motifs is 4. The van der Waals surface area contributed by atoms with Crippen LogP contribution >= 0.6 is 0 Å². The molecule has 0 spiro atoms. The summed E-state index contributed by atoms with van der Waals surface area (Å²) < 4.78 is 36.7. The largest absolute Gasteiger partial charge is 0.308 e. The molecule has 2 amide bonds. The maximum atomic E-state index is 14.8. The van der Waals surface area contributed by atoms with Crippen molar-refractivity contribution in [2.24, 2.45) is 0 Å². The Morgan fingerprint density at radius 3 is 1.70 bits per heavy atom. The van der Waals surface area contributed by atoms with Crippen molar-refractivity contribution in [1.29, 1.82) is 0 Å². The van der Waals surface area contributed by atoms with Gasteiger partial charge in [-0.05, 0) is 48.0 Å². The fourth-order valence-corrected chi connectivity index (χ4v) is 7.25. The zero-order valence-corrected chi connectivity index (χ0v) is 28.5. The molecule has 0 unspecified atom stereocenters. The molecule has 254 valence electrons. The minimum absolute atomic E-state index is 0.0659. The van der Waals surface area contributed by atoms with Crippen LogP contribution in [0.25, 0.3) is 72.8 Å². The predicted octanol–water partition coefficient (Wildman–Crippen LogP) is 10.4. The number of anilines is 1. The van der Waals surface area contributed by atoms with Crippen molar-refractivity contribution in [3.8, 4) is 51.0 Å². The van der Waals surface area contributed by atoms with Crippen LogP contribution < -0.4 is 4.90 Å². The van der Waals surface area contributed by atoms with Gasteiger partial charge in [-0.15, -0.1) is 0 Å². The molecule has 0 atom stereocenters. The van der Waals surface area contributed by atoms with Crippen LogP contribution in [0.2, 0.25) is 0 Å². The topological polar surface area (TPSA) is 81.0 Å². The highest BCUT2D eigenvalue weighted by Crippen LogP contribution is 2.41. The summed E-state index contributed by atoms with van der Waals surface area (Å²) in [5, 5.41) is 1.76. The van der Waals surface area contributed by atoms with Crippen LogP contribution in [0.5, 0.6) is 0 Å². The fourth-order valence-electron chi connectivity index (χ4n) is 7.25. The average molecular weight is 700 g/mol. The summed E-state index contributed by atoms with van der Waals surface area (Å²) in [6, 6.07) is 45.2. The number of amides is 2. The SMILES string of the molecule is [2H]c1c([2H])c([2H])c(N2C(=O)c3cccc(-n4c5ccccc5c5cc(-c6nc(-c7ccccc7)nc(-c7ccccc7)n6)ccc54)c3C2=O)c(-c2ccccc2)c1[2H]. The highest BCUT2D eigenvalue weighted by molar-refractivity contribution is 6.36. The number of rotatable bonds is 6. The third-order valence-corrected chi connectivity index (χ3v) is 9.72. The highest BCUT2D eigenvalue weighted by Gasteiger charge is 2.40. The maximum Gasteiger partial charge on any atom is 0.268 e. The van der Waals surface area contributed by atoms with E-state index in [2.05, 4.69) is 0 Å².